The summed E-state index contributed by atoms with van der Waals surface area (Å²) in [5.74, 6) is -2.34. The van der Waals surface area contributed by atoms with Crippen LogP contribution in [-0.4, -0.2) is 30.4 Å². The Balaban J connectivity index is 1.78. The zero-order chi connectivity index (χ0) is 37.5. The summed E-state index contributed by atoms with van der Waals surface area (Å²) in [6, 6.07) is 14.0. The van der Waals surface area contributed by atoms with E-state index in [9.17, 15) is 0 Å². The molecule has 270 valence electrons. The molecule has 4 unspecified atom stereocenters. The molecule has 0 N–H and O–H groups in total. The third kappa shape index (κ3) is 6.33. The number of hydrogen-bond acceptors (Lipinski definition) is 6. The van der Waals surface area contributed by atoms with Gasteiger partial charge in [0.05, 0.1) is 19.1 Å². The van der Waals surface area contributed by atoms with Crippen LogP contribution in [0, 0.1) is 5.41 Å². The predicted octanol–water partition coefficient (Wildman–Crippen LogP) is 12.6. The number of ether oxygens (including phenoxy) is 2. The molecule has 0 bridgehead atoms. The van der Waals surface area contributed by atoms with Crippen LogP contribution in [0.1, 0.15) is 63.3 Å². The molecule has 0 amide bonds. The number of thiophene rings is 1. The van der Waals surface area contributed by atoms with Crippen molar-refractivity contribution in [2.75, 3.05) is 14.2 Å². The van der Waals surface area contributed by atoms with Gasteiger partial charge in [0.15, 0.2) is 11.2 Å². The summed E-state index contributed by atoms with van der Waals surface area (Å²) in [6.07, 6.45) is 5.13. The average Bonchev–Trinajstić information content (AvgIpc) is 3.79. The van der Waals surface area contributed by atoms with Gasteiger partial charge in [-0.1, -0.05) is 62.9 Å². The van der Waals surface area contributed by atoms with Crippen molar-refractivity contribution < 1.29 is 31.5 Å². The number of halogens is 3. The maximum Gasteiger partial charge on any atom is 0.290 e. The Hall–Kier alpha value is -2.53. The van der Waals surface area contributed by atoms with E-state index >= 15 is 13.2 Å². The second-order valence-corrected chi connectivity index (χ2v) is 19.7. The highest BCUT2D eigenvalue weighted by Crippen LogP contribution is 2.72. The first-order chi connectivity index (χ1) is 23.6. The zero-order valence-electron chi connectivity index (χ0n) is 29.7. The number of alkyl halides is 3. The molecule has 5 aromatic rings. The van der Waals surface area contributed by atoms with Gasteiger partial charge in [-0.25, -0.2) is 4.39 Å². The second-order valence-electron chi connectivity index (χ2n) is 14.9. The van der Waals surface area contributed by atoms with E-state index in [1.807, 2.05) is 32.9 Å². The summed E-state index contributed by atoms with van der Waals surface area (Å²) in [5.41, 5.74) is -0.167. The molecule has 4 atom stereocenters. The van der Waals surface area contributed by atoms with Gasteiger partial charge in [-0.3, -0.25) is 0 Å². The first-order valence-electron chi connectivity index (χ1n) is 16.2. The molecular weight excluding hydrogens is 746 g/mol. The molecule has 3 heterocycles. The summed E-state index contributed by atoms with van der Waals surface area (Å²) < 4.78 is 76.5. The highest BCUT2D eigenvalue weighted by Gasteiger charge is 2.70. The quantitative estimate of drug-likeness (QED) is 0.101. The summed E-state index contributed by atoms with van der Waals surface area (Å²) in [6.45, 7) is 12.3. The van der Waals surface area contributed by atoms with Crippen LogP contribution in [0.5, 0.6) is 11.5 Å². The number of furan rings is 2. The number of benzene rings is 2. The lowest BCUT2D eigenvalue weighted by molar-refractivity contribution is 0.0394. The molecule has 6 rings (SSSR count). The van der Waals surface area contributed by atoms with E-state index in [0.717, 1.165) is 9.78 Å². The molecule has 0 aliphatic heterocycles. The molecule has 1 aliphatic carbocycles. The topological polar surface area (TPSA) is 44.7 Å². The first kappa shape index (κ1) is 38.2. The van der Waals surface area contributed by atoms with E-state index in [1.165, 1.54) is 25.6 Å². The lowest BCUT2D eigenvalue weighted by Gasteiger charge is -2.36. The molecule has 4 nitrogen and oxygen atoms in total. The van der Waals surface area contributed by atoms with Crippen molar-refractivity contribution in [3.8, 4) is 22.1 Å². The Labute approximate surface area is 313 Å². The van der Waals surface area contributed by atoms with Gasteiger partial charge in [0.25, 0.3) is 5.92 Å². The number of fused-ring (bicyclic) bond motifs is 2. The number of methoxy groups -OCH3 is 2. The SMILES string of the molecule is COc1ccc2c(C3=C(c4c(-c5ccc(C(C)(C)C)s5)oc5cc(OC)ccc45)C(F)(P)C(P)(P)C3(F)F)c(/C=C/C=C(\S)C(C)(C)C)oc2c1. The highest BCUT2D eigenvalue weighted by molar-refractivity contribution is 7.84. The average molecular weight is 789 g/mol. The van der Waals surface area contributed by atoms with Crippen LogP contribution < -0.4 is 9.47 Å². The Bertz CT molecular complexity index is 2260. The Morgan fingerprint density at radius 2 is 1.37 bits per heavy atom. The maximum atomic E-state index is 17.9. The van der Waals surface area contributed by atoms with Gasteiger partial charge >= 0.3 is 0 Å². The van der Waals surface area contributed by atoms with E-state index in [0.29, 0.717) is 44.1 Å². The number of hydrogen-bond donors (Lipinski definition) is 1. The van der Waals surface area contributed by atoms with Gasteiger partial charge < -0.3 is 18.3 Å². The standard InChI is InChI=1S/C39H42F3O4P3S2/c1-35(2,3)28(50)11-9-10-24-30(22-14-12-20(43-7)18-25(22)45-24)32-33(38(42,47)39(48,49)37(32,40)41)31-23-15-13-21(44-8)19-26(23)46-34(31)27-16-17-29(51-27)36(4,5)6/h9-19,50H,47-49H2,1-8H3/b10-9+,28-11-. The van der Waals surface area contributed by atoms with Crippen LogP contribution in [-0.2, 0) is 5.41 Å². The van der Waals surface area contributed by atoms with E-state index in [-0.39, 0.29) is 33.3 Å². The van der Waals surface area contributed by atoms with Gasteiger partial charge in [0, 0.05) is 50.1 Å². The predicted molar refractivity (Wildman–Crippen MR) is 221 cm³/mol. The normalized spacial score (nSPS) is 19.6. The molecule has 0 saturated carbocycles. The molecule has 2 aromatic carbocycles. The second kappa shape index (κ2) is 13.1. The molecule has 0 spiro atoms. The largest absolute Gasteiger partial charge is 0.497 e. The Kier molecular flexibility index (Phi) is 9.81. The molecule has 12 heteroatoms. The Morgan fingerprint density at radius 3 is 1.90 bits per heavy atom. The minimum absolute atomic E-state index is 0.0698. The summed E-state index contributed by atoms with van der Waals surface area (Å²) in [4.78, 5) is 0.143. The van der Waals surface area contributed by atoms with E-state index in [4.69, 9.17) is 18.3 Å². The summed E-state index contributed by atoms with van der Waals surface area (Å²) in [7, 11) is 9.34. The maximum absolute atomic E-state index is 17.9. The van der Waals surface area contributed by atoms with E-state index < -0.39 is 21.8 Å². The van der Waals surface area contributed by atoms with Crippen LogP contribution >= 0.6 is 51.7 Å². The van der Waals surface area contributed by atoms with Crippen molar-refractivity contribution in [1.82, 2.24) is 0 Å². The van der Waals surface area contributed by atoms with E-state index in [1.54, 1.807) is 54.6 Å². The van der Waals surface area contributed by atoms with Gasteiger partial charge in [-0.05, 0) is 58.2 Å². The van der Waals surface area contributed by atoms with Crippen LogP contribution in [0.3, 0.4) is 0 Å². The number of thiol groups is 1. The zero-order valence-corrected chi connectivity index (χ0v) is 34.9. The molecular formula is C39H42F3O4P3S2. The fourth-order valence-electron chi connectivity index (χ4n) is 6.13. The Morgan fingerprint density at radius 1 is 0.804 bits per heavy atom. The number of rotatable bonds is 7. The minimum Gasteiger partial charge on any atom is -0.497 e. The smallest absolute Gasteiger partial charge is 0.290 e. The van der Waals surface area contributed by atoms with Crippen molar-refractivity contribution in [3.63, 3.8) is 0 Å². The summed E-state index contributed by atoms with van der Waals surface area (Å²) in [5, 5.41) is -1.85. The summed E-state index contributed by atoms with van der Waals surface area (Å²) >= 11 is 6.13. The number of allylic oxidation sites excluding steroid dienone is 5. The van der Waals surface area contributed by atoms with Crippen molar-refractivity contribution in [3.05, 3.63) is 87.4 Å². The monoisotopic (exact) mass is 788 g/mol. The van der Waals surface area contributed by atoms with Crippen molar-refractivity contribution in [1.29, 1.82) is 0 Å². The molecule has 0 fully saturated rings. The van der Waals surface area contributed by atoms with Crippen LogP contribution in [0.2, 0.25) is 0 Å². The van der Waals surface area contributed by atoms with Crippen molar-refractivity contribution in [2.24, 2.45) is 5.41 Å². The van der Waals surface area contributed by atoms with Crippen molar-refractivity contribution >= 4 is 90.8 Å². The molecule has 51 heavy (non-hydrogen) atoms. The van der Waals surface area contributed by atoms with Crippen molar-refractivity contribution in [2.45, 2.75) is 63.2 Å². The first-order valence-corrected chi connectivity index (χ1v) is 19.2. The fraction of sp³-hybridized carbons (Fsp3) is 0.333. The lowest BCUT2D eigenvalue weighted by Crippen LogP contribution is -2.44. The van der Waals surface area contributed by atoms with Crippen LogP contribution in [0.25, 0.3) is 49.8 Å². The van der Waals surface area contributed by atoms with Crippen LogP contribution in [0.15, 0.2) is 74.4 Å². The highest BCUT2D eigenvalue weighted by atomic mass is 32.1. The van der Waals surface area contributed by atoms with Gasteiger partial charge in [-0.15, -0.1) is 42.4 Å². The molecule has 1 aliphatic rings. The third-order valence-corrected chi connectivity index (χ3v) is 14.5. The van der Waals surface area contributed by atoms with Gasteiger partial charge in [0.1, 0.15) is 33.3 Å². The minimum atomic E-state index is -3.76. The van der Waals surface area contributed by atoms with E-state index in [2.05, 4.69) is 61.1 Å². The fourth-order valence-corrected chi connectivity index (χ4v) is 8.32. The molecule has 0 saturated heterocycles. The van der Waals surface area contributed by atoms with Gasteiger partial charge in [-0.2, -0.15) is 8.78 Å². The van der Waals surface area contributed by atoms with Crippen LogP contribution in [0.4, 0.5) is 13.2 Å². The van der Waals surface area contributed by atoms with Gasteiger partial charge in [0.2, 0.25) is 0 Å². The molecule has 0 radical (unpaired) electrons. The molecule has 3 aromatic heterocycles. The third-order valence-electron chi connectivity index (χ3n) is 9.21. The lowest BCUT2D eigenvalue weighted by atomic mass is 9.91.